The molecule has 0 saturated carbocycles. The molecule has 2 heterocycles. The molecule has 0 unspecified atom stereocenters. The van der Waals surface area contributed by atoms with Gasteiger partial charge in [0.1, 0.15) is 5.52 Å². The highest BCUT2D eigenvalue weighted by atomic mass is 16.5. The molecule has 1 amide bonds. The van der Waals surface area contributed by atoms with E-state index in [0.717, 1.165) is 17.5 Å². The van der Waals surface area contributed by atoms with Crippen LogP contribution in [0.1, 0.15) is 12.5 Å². The van der Waals surface area contributed by atoms with Gasteiger partial charge in [0.05, 0.1) is 19.0 Å². The summed E-state index contributed by atoms with van der Waals surface area (Å²) < 4.78 is 6.94. The van der Waals surface area contributed by atoms with Gasteiger partial charge < -0.3 is 9.84 Å². The Balaban J connectivity index is 2.66. The smallest absolute Gasteiger partial charge is 0.409 e. The highest BCUT2D eigenvalue weighted by Gasteiger charge is 2.14. The molecule has 0 aliphatic heterocycles. The first-order valence-corrected chi connectivity index (χ1v) is 5.20. The Bertz CT molecular complexity index is 562. The van der Waals surface area contributed by atoms with Crippen LogP contribution in [0.2, 0.25) is 0 Å². The lowest BCUT2D eigenvalue weighted by molar-refractivity contribution is 0.209. The second kappa shape index (κ2) is 4.32. The van der Waals surface area contributed by atoms with E-state index in [1.165, 1.54) is 7.11 Å². The molecule has 17 heavy (non-hydrogen) atoms. The maximum absolute atomic E-state index is 10.7. The van der Waals surface area contributed by atoms with Crippen LogP contribution < -0.4 is 10.1 Å². The fourth-order valence-corrected chi connectivity index (χ4v) is 1.79. The van der Waals surface area contributed by atoms with Gasteiger partial charge in [0.25, 0.3) is 0 Å². The van der Waals surface area contributed by atoms with Crippen molar-refractivity contribution in [3.05, 3.63) is 24.0 Å². The summed E-state index contributed by atoms with van der Waals surface area (Å²) in [6.45, 7) is 2.01. The summed E-state index contributed by atoms with van der Waals surface area (Å²) in [5.41, 5.74) is 2.22. The van der Waals surface area contributed by atoms with Gasteiger partial charge in [-0.1, -0.05) is 6.92 Å². The summed E-state index contributed by atoms with van der Waals surface area (Å²) in [7, 11) is 1.51. The van der Waals surface area contributed by atoms with Gasteiger partial charge in [0.15, 0.2) is 5.75 Å². The predicted octanol–water partition coefficient (Wildman–Crippen LogP) is 2.00. The van der Waals surface area contributed by atoms with Gasteiger partial charge >= 0.3 is 6.09 Å². The fraction of sp³-hybridized carbons (Fsp3) is 0.273. The minimum atomic E-state index is -1.12. The monoisotopic (exact) mass is 235 g/mol. The third-order valence-corrected chi connectivity index (χ3v) is 2.54. The number of nitrogens with zero attached hydrogens (tertiary/aromatic N) is 2. The van der Waals surface area contributed by atoms with Gasteiger partial charge in [-0.2, -0.15) is 5.10 Å². The van der Waals surface area contributed by atoms with Crippen LogP contribution in [-0.2, 0) is 6.42 Å². The number of aryl methyl sites for hydroxylation is 1. The zero-order valence-electron chi connectivity index (χ0n) is 9.60. The number of anilines is 1. The Kier molecular flexibility index (Phi) is 2.86. The Morgan fingerprint density at radius 2 is 2.41 bits per heavy atom. The van der Waals surface area contributed by atoms with Crippen LogP contribution in [-0.4, -0.2) is 27.9 Å². The number of ether oxygens (including phenoxy) is 1. The molecule has 0 aliphatic carbocycles. The molecule has 0 fully saturated rings. The van der Waals surface area contributed by atoms with E-state index in [2.05, 4.69) is 10.4 Å². The zero-order valence-corrected chi connectivity index (χ0v) is 9.60. The quantitative estimate of drug-likeness (QED) is 0.853. The molecule has 6 nitrogen and oxygen atoms in total. The average Bonchev–Trinajstić information content (AvgIpc) is 2.71. The van der Waals surface area contributed by atoms with Gasteiger partial charge in [0.2, 0.25) is 0 Å². The molecule has 6 heteroatoms. The number of fused-ring (bicyclic) bond motifs is 1. The van der Waals surface area contributed by atoms with Crippen molar-refractivity contribution in [2.24, 2.45) is 0 Å². The molecule has 0 aliphatic rings. The maximum Gasteiger partial charge on any atom is 0.409 e. The summed E-state index contributed by atoms with van der Waals surface area (Å²) in [5.74, 6) is 0.490. The van der Waals surface area contributed by atoms with Crippen molar-refractivity contribution in [1.29, 1.82) is 0 Å². The lowest BCUT2D eigenvalue weighted by Gasteiger charge is -2.10. The summed E-state index contributed by atoms with van der Waals surface area (Å²) in [6.07, 6.45) is 3.13. The fourth-order valence-electron chi connectivity index (χ4n) is 1.79. The number of carbonyl (C=O) groups is 1. The number of carboxylic acid groups (broad SMARTS) is 1. The first-order valence-electron chi connectivity index (χ1n) is 5.20. The molecule has 0 bridgehead atoms. The molecule has 0 spiro atoms. The average molecular weight is 235 g/mol. The normalized spacial score (nSPS) is 10.5. The number of methoxy groups -OCH3 is 1. The van der Waals surface area contributed by atoms with Gasteiger partial charge in [0, 0.05) is 11.8 Å². The van der Waals surface area contributed by atoms with Gasteiger partial charge in [-0.15, -0.1) is 0 Å². The Morgan fingerprint density at radius 1 is 1.65 bits per heavy atom. The molecular formula is C11H13N3O3. The highest BCUT2D eigenvalue weighted by molar-refractivity contribution is 5.88. The van der Waals surface area contributed by atoms with Crippen molar-refractivity contribution >= 4 is 17.3 Å². The van der Waals surface area contributed by atoms with Crippen LogP contribution in [0.5, 0.6) is 5.75 Å². The Morgan fingerprint density at radius 3 is 3.00 bits per heavy atom. The summed E-state index contributed by atoms with van der Waals surface area (Å²) in [5, 5.41) is 15.2. The minimum absolute atomic E-state index is 0.419. The predicted molar refractivity (Wildman–Crippen MR) is 62.8 cm³/mol. The van der Waals surface area contributed by atoms with Gasteiger partial charge in [-0.05, 0) is 12.5 Å². The first kappa shape index (κ1) is 11.3. The number of hydrogen-bond donors (Lipinski definition) is 2. The topological polar surface area (TPSA) is 75.9 Å². The molecule has 2 N–H and O–H groups in total. The second-order valence-corrected chi connectivity index (χ2v) is 3.51. The molecule has 0 saturated heterocycles. The lowest BCUT2D eigenvalue weighted by Crippen LogP contribution is -2.09. The summed E-state index contributed by atoms with van der Waals surface area (Å²) >= 11 is 0. The molecular weight excluding hydrogens is 222 g/mol. The molecule has 0 radical (unpaired) electrons. The van der Waals surface area contributed by atoms with Crippen molar-refractivity contribution < 1.29 is 14.6 Å². The van der Waals surface area contributed by atoms with E-state index >= 15 is 0 Å². The third kappa shape index (κ3) is 1.89. The van der Waals surface area contributed by atoms with Crippen molar-refractivity contribution in [1.82, 2.24) is 9.61 Å². The van der Waals surface area contributed by atoms with Crippen molar-refractivity contribution in [3.63, 3.8) is 0 Å². The number of aromatic nitrogens is 2. The van der Waals surface area contributed by atoms with Crippen LogP contribution in [0.3, 0.4) is 0 Å². The number of hydrogen-bond acceptors (Lipinski definition) is 3. The largest absolute Gasteiger partial charge is 0.492 e. The molecule has 0 aromatic carbocycles. The minimum Gasteiger partial charge on any atom is -0.492 e. The van der Waals surface area contributed by atoms with E-state index < -0.39 is 6.09 Å². The third-order valence-electron chi connectivity index (χ3n) is 2.54. The summed E-state index contributed by atoms with van der Waals surface area (Å²) in [4.78, 5) is 10.7. The van der Waals surface area contributed by atoms with Crippen molar-refractivity contribution in [3.8, 4) is 5.75 Å². The zero-order chi connectivity index (χ0) is 12.4. The van der Waals surface area contributed by atoms with Crippen LogP contribution in [0.4, 0.5) is 10.5 Å². The lowest BCUT2D eigenvalue weighted by atomic mass is 10.2. The van der Waals surface area contributed by atoms with Crippen LogP contribution >= 0.6 is 0 Å². The molecule has 0 atom stereocenters. The standard InChI is InChI=1S/C11H13N3O3/c1-3-7-6-12-14-5-4-8(13-11(15)16)10(17-2)9(7)14/h4-6,13H,3H2,1-2H3,(H,15,16). The van der Waals surface area contributed by atoms with Crippen LogP contribution in [0, 0.1) is 0 Å². The van der Waals surface area contributed by atoms with Gasteiger partial charge in [-0.25, -0.2) is 9.31 Å². The van der Waals surface area contributed by atoms with Crippen LogP contribution in [0.25, 0.3) is 5.52 Å². The van der Waals surface area contributed by atoms with E-state index in [0.29, 0.717) is 11.4 Å². The SMILES string of the molecule is CCc1cnn2ccc(NC(=O)O)c(OC)c12. The molecule has 2 aromatic rings. The van der Waals surface area contributed by atoms with E-state index in [1.807, 2.05) is 6.92 Å². The van der Waals surface area contributed by atoms with E-state index in [4.69, 9.17) is 9.84 Å². The Labute approximate surface area is 97.8 Å². The van der Waals surface area contributed by atoms with Crippen molar-refractivity contribution in [2.75, 3.05) is 12.4 Å². The van der Waals surface area contributed by atoms with Gasteiger partial charge in [-0.3, -0.25) is 5.32 Å². The highest BCUT2D eigenvalue weighted by Crippen LogP contribution is 2.31. The second-order valence-electron chi connectivity index (χ2n) is 3.51. The summed E-state index contributed by atoms with van der Waals surface area (Å²) in [6, 6.07) is 1.62. The molecule has 90 valence electrons. The van der Waals surface area contributed by atoms with Crippen LogP contribution in [0.15, 0.2) is 18.5 Å². The number of amides is 1. The maximum atomic E-state index is 10.7. The van der Waals surface area contributed by atoms with Crippen molar-refractivity contribution in [2.45, 2.75) is 13.3 Å². The molecule has 2 aromatic heterocycles. The molecule has 2 rings (SSSR count). The number of rotatable bonds is 3. The Hall–Kier alpha value is -2.24. The number of pyridine rings is 1. The van der Waals surface area contributed by atoms with E-state index in [9.17, 15) is 4.79 Å². The first-order chi connectivity index (χ1) is 8.17. The van der Waals surface area contributed by atoms with E-state index in [-0.39, 0.29) is 0 Å². The number of nitrogens with one attached hydrogen (secondary N) is 1. The van der Waals surface area contributed by atoms with E-state index in [1.54, 1.807) is 23.0 Å².